The summed E-state index contributed by atoms with van der Waals surface area (Å²) in [5.74, 6) is -11.0. The van der Waals surface area contributed by atoms with Gasteiger partial charge < -0.3 is 4.74 Å². The van der Waals surface area contributed by atoms with E-state index in [9.17, 15) is 26.7 Å². The fourth-order valence-electron chi connectivity index (χ4n) is 1.89. The highest BCUT2D eigenvalue weighted by Gasteiger charge is 2.28. The van der Waals surface area contributed by atoms with Crippen LogP contribution in [0.5, 0.6) is 0 Å². The van der Waals surface area contributed by atoms with E-state index in [0.717, 1.165) is 0 Å². The lowest BCUT2D eigenvalue weighted by molar-refractivity contribution is -0.141. The Kier molecular flexibility index (Phi) is 6.49. The molecule has 1 rings (SSSR count). The number of hydrogen-bond acceptors (Lipinski definition) is 2. The first kappa shape index (κ1) is 19.3. The summed E-state index contributed by atoms with van der Waals surface area (Å²) in [5, 5.41) is -0.953. The molecule has 0 aliphatic carbocycles. The zero-order valence-corrected chi connectivity index (χ0v) is 14.6. The van der Waals surface area contributed by atoms with Crippen molar-refractivity contribution in [3.8, 4) is 0 Å². The lowest BCUT2D eigenvalue weighted by atomic mass is 10.2. The van der Waals surface area contributed by atoms with Gasteiger partial charge in [0.15, 0.2) is 23.3 Å². The first-order valence-electron chi connectivity index (χ1n) is 6.98. The van der Waals surface area contributed by atoms with Gasteiger partial charge in [0.2, 0.25) is 5.82 Å². The third kappa shape index (κ3) is 4.63. The van der Waals surface area contributed by atoms with E-state index < -0.39 is 55.9 Å². The predicted octanol–water partition coefficient (Wildman–Crippen LogP) is 2.67. The quantitative estimate of drug-likeness (QED) is 0.203. The third-order valence-electron chi connectivity index (χ3n) is 2.81. The summed E-state index contributed by atoms with van der Waals surface area (Å²) in [5.41, 5.74) is 0. The van der Waals surface area contributed by atoms with Gasteiger partial charge in [0.05, 0.1) is 6.10 Å². The van der Waals surface area contributed by atoms with Crippen LogP contribution in [0.15, 0.2) is 11.3 Å². The van der Waals surface area contributed by atoms with Crippen molar-refractivity contribution in [3.05, 3.63) is 40.4 Å². The van der Waals surface area contributed by atoms with E-state index in [4.69, 9.17) is 4.74 Å². The summed E-state index contributed by atoms with van der Waals surface area (Å²) < 4.78 is 72.1. The van der Waals surface area contributed by atoms with Crippen LogP contribution in [0.25, 0.3) is 0 Å². The number of carbonyl (C=O) groups excluding carboxylic acids is 1. The van der Waals surface area contributed by atoms with Crippen LogP contribution in [0.2, 0.25) is 0 Å². The van der Waals surface area contributed by atoms with E-state index in [1.165, 1.54) is 6.08 Å². The molecule has 0 bridgehead atoms. The summed E-state index contributed by atoms with van der Waals surface area (Å²) in [6.07, 6.45) is 0.957. The largest absolute Gasteiger partial charge is 0.460 e. The maximum absolute atomic E-state index is 13.8. The second kappa shape index (κ2) is 7.72. The lowest BCUT2D eigenvalue weighted by Gasteiger charge is -2.13. The Bertz CT molecular complexity index is 612. The molecule has 0 N–H and O–H groups in total. The molecule has 0 aliphatic heterocycles. The van der Waals surface area contributed by atoms with E-state index in [1.54, 1.807) is 27.7 Å². The Morgan fingerprint density at radius 2 is 1.35 bits per heavy atom. The molecule has 1 aromatic rings. The molecule has 8 heteroatoms. The average molecular weight is 352 g/mol. The molecule has 0 spiro atoms. The van der Waals surface area contributed by atoms with Crippen molar-refractivity contribution < 1.29 is 31.5 Å². The fourth-order valence-corrected chi connectivity index (χ4v) is 3.71. The number of halogens is 5. The van der Waals surface area contributed by atoms with Crippen molar-refractivity contribution in [2.45, 2.75) is 33.8 Å². The summed E-state index contributed by atoms with van der Waals surface area (Å²) in [4.78, 5) is 12.0. The summed E-state index contributed by atoms with van der Waals surface area (Å²) >= 11 is 0. The number of ether oxygens (including phenoxy) is 1. The average Bonchev–Trinajstić information content (AvgIpc) is 2.45. The van der Waals surface area contributed by atoms with Crippen molar-refractivity contribution in [3.63, 3.8) is 0 Å². The van der Waals surface area contributed by atoms with Crippen LogP contribution in [0.1, 0.15) is 27.7 Å². The van der Waals surface area contributed by atoms with Gasteiger partial charge in [-0.3, -0.25) is 0 Å². The third-order valence-corrected chi connectivity index (χ3v) is 4.69. The van der Waals surface area contributed by atoms with Gasteiger partial charge in [-0.2, -0.15) is 0 Å². The second-order valence-electron chi connectivity index (χ2n) is 5.62. The molecular formula is C15H17F5O2Si. The van der Waals surface area contributed by atoms with E-state index in [1.807, 2.05) is 0 Å². The predicted molar refractivity (Wildman–Crippen MR) is 78.6 cm³/mol. The summed E-state index contributed by atoms with van der Waals surface area (Å²) in [6.45, 7) is 6.61. The molecule has 0 aliphatic rings. The minimum Gasteiger partial charge on any atom is -0.460 e. The molecule has 0 saturated carbocycles. The molecular weight excluding hydrogens is 335 g/mol. The van der Waals surface area contributed by atoms with Crippen molar-refractivity contribution >= 4 is 20.7 Å². The first-order chi connectivity index (χ1) is 10.6. The highest BCUT2D eigenvalue weighted by Crippen LogP contribution is 2.17. The summed E-state index contributed by atoms with van der Waals surface area (Å²) in [7, 11) is -2.26. The number of rotatable bonds is 5. The fraction of sp³-hybridized carbons (Fsp3) is 0.400. The molecule has 1 aromatic carbocycles. The van der Waals surface area contributed by atoms with Gasteiger partial charge in [-0.15, -0.1) is 0 Å². The van der Waals surface area contributed by atoms with Crippen LogP contribution < -0.4 is 5.19 Å². The van der Waals surface area contributed by atoms with Gasteiger partial charge in [-0.05, 0) is 19.8 Å². The topological polar surface area (TPSA) is 26.3 Å². The van der Waals surface area contributed by atoms with Gasteiger partial charge >= 0.3 is 5.97 Å². The van der Waals surface area contributed by atoms with E-state index >= 15 is 0 Å². The van der Waals surface area contributed by atoms with Gasteiger partial charge in [-0.25, -0.2) is 26.7 Å². The molecule has 0 amide bonds. The van der Waals surface area contributed by atoms with E-state index in [2.05, 4.69) is 0 Å². The molecule has 0 fully saturated rings. The SMILES string of the molecule is CC(C)C=C([SiH2]c1c(F)c(F)c(F)c(F)c1F)C(=O)OC(C)C. The zero-order chi connectivity index (χ0) is 17.9. The van der Waals surface area contributed by atoms with Crippen molar-refractivity contribution in [2.75, 3.05) is 0 Å². The molecule has 128 valence electrons. The Balaban J connectivity index is 3.33. The van der Waals surface area contributed by atoms with Gasteiger partial charge in [0, 0.05) is 10.4 Å². The van der Waals surface area contributed by atoms with Gasteiger partial charge in [-0.1, -0.05) is 19.9 Å². The van der Waals surface area contributed by atoms with Crippen molar-refractivity contribution in [1.82, 2.24) is 0 Å². The smallest absolute Gasteiger partial charge is 0.329 e. The minimum absolute atomic E-state index is 0.0306. The number of allylic oxidation sites excluding steroid dienone is 1. The normalized spacial score (nSPS) is 12.7. The number of esters is 1. The molecule has 0 saturated heterocycles. The highest BCUT2D eigenvalue weighted by molar-refractivity contribution is 6.66. The van der Waals surface area contributed by atoms with Crippen LogP contribution in [-0.4, -0.2) is 21.6 Å². The molecule has 0 atom stereocenters. The Morgan fingerprint density at radius 3 is 1.74 bits per heavy atom. The van der Waals surface area contributed by atoms with Crippen molar-refractivity contribution in [1.29, 1.82) is 0 Å². The molecule has 0 aromatic heterocycles. The maximum Gasteiger partial charge on any atom is 0.329 e. The Hall–Kier alpha value is -1.70. The molecule has 0 heterocycles. The standard InChI is InChI=1S/C15H17F5O2Si/c1-6(2)5-8(15(21)22-7(3)4)23-14-12(19)10(17)9(16)11(18)13(14)20/h5-7H,23H2,1-4H3. The molecule has 0 radical (unpaired) electrons. The summed E-state index contributed by atoms with van der Waals surface area (Å²) in [6, 6.07) is 0. The number of benzene rings is 1. The molecule has 23 heavy (non-hydrogen) atoms. The molecule has 2 nitrogen and oxygen atoms in total. The lowest BCUT2D eigenvalue weighted by Crippen LogP contribution is -2.32. The Labute approximate surface area is 133 Å². The monoisotopic (exact) mass is 352 g/mol. The highest BCUT2D eigenvalue weighted by atomic mass is 28.2. The van der Waals surface area contributed by atoms with Crippen molar-refractivity contribution in [2.24, 2.45) is 5.92 Å². The van der Waals surface area contributed by atoms with E-state index in [0.29, 0.717) is 0 Å². The number of hydrogen-bond donors (Lipinski definition) is 0. The van der Waals surface area contributed by atoms with Gasteiger partial charge in [0.25, 0.3) is 0 Å². The van der Waals surface area contributed by atoms with Crippen LogP contribution >= 0.6 is 0 Å². The minimum atomic E-state index is -2.26. The van der Waals surface area contributed by atoms with Crippen LogP contribution in [0, 0.1) is 35.0 Å². The maximum atomic E-state index is 13.8. The van der Waals surface area contributed by atoms with E-state index in [-0.39, 0.29) is 11.1 Å². The first-order valence-corrected chi connectivity index (χ1v) is 8.39. The Morgan fingerprint density at radius 1 is 0.913 bits per heavy atom. The van der Waals surface area contributed by atoms with Crippen LogP contribution in [-0.2, 0) is 9.53 Å². The van der Waals surface area contributed by atoms with Crippen LogP contribution in [0.3, 0.4) is 0 Å². The zero-order valence-electron chi connectivity index (χ0n) is 13.1. The number of carbonyl (C=O) groups is 1. The molecule has 0 unspecified atom stereocenters. The van der Waals surface area contributed by atoms with Gasteiger partial charge in [0.1, 0.15) is 9.52 Å². The second-order valence-corrected chi connectivity index (χ2v) is 7.44. The van der Waals surface area contributed by atoms with Crippen LogP contribution in [0.4, 0.5) is 22.0 Å².